The van der Waals surface area contributed by atoms with Gasteiger partial charge < -0.3 is 19.4 Å². The zero-order chi connectivity index (χ0) is 17.8. The summed E-state index contributed by atoms with van der Waals surface area (Å²) in [5, 5.41) is 3.42. The van der Waals surface area contributed by atoms with E-state index in [1.807, 2.05) is 43.8 Å². The van der Waals surface area contributed by atoms with Crippen molar-refractivity contribution in [2.75, 3.05) is 44.8 Å². The van der Waals surface area contributed by atoms with E-state index in [9.17, 15) is 0 Å². The zero-order valence-electron chi connectivity index (χ0n) is 15.3. The van der Waals surface area contributed by atoms with Crippen molar-refractivity contribution in [2.45, 2.75) is 18.6 Å². The van der Waals surface area contributed by atoms with Crippen molar-refractivity contribution in [1.82, 2.24) is 19.4 Å². The number of hydrogen-bond donors (Lipinski definition) is 1. The molecule has 0 aliphatic carbocycles. The molecule has 2 fully saturated rings. The number of nitrogens with one attached hydrogen (secondary N) is 1. The Hall–Kier alpha value is -1.96. The van der Waals surface area contributed by atoms with Gasteiger partial charge in [0.2, 0.25) is 0 Å². The number of imidazole rings is 1. The number of aromatic nitrogens is 3. The molecule has 1 N–H and O–H groups in total. The monoisotopic (exact) mass is 357 g/mol. The Labute approximate surface area is 154 Å². The number of anilines is 1. The maximum Gasteiger partial charge on any atom is 0.125 e. The second-order valence-electron chi connectivity index (χ2n) is 7.38. The Kier molecular flexibility index (Phi) is 5.19. The van der Waals surface area contributed by atoms with E-state index in [0.29, 0.717) is 12.5 Å². The van der Waals surface area contributed by atoms with Crippen molar-refractivity contribution in [1.29, 1.82) is 0 Å². The van der Waals surface area contributed by atoms with E-state index in [-0.39, 0.29) is 5.60 Å². The van der Waals surface area contributed by atoms with E-state index in [0.717, 1.165) is 57.5 Å². The highest BCUT2D eigenvalue weighted by Gasteiger charge is 2.43. The van der Waals surface area contributed by atoms with Gasteiger partial charge in [0.15, 0.2) is 0 Å². The molecule has 0 bridgehead atoms. The van der Waals surface area contributed by atoms with Gasteiger partial charge in [0.05, 0.1) is 26.4 Å². The molecular formula is C19H27N5O2. The summed E-state index contributed by atoms with van der Waals surface area (Å²) in [6.45, 7) is 5.68. The smallest absolute Gasteiger partial charge is 0.125 e. The average molecular weight is 357 g/mol. The molecule has 7 heteroatoms. The fourth-order valence-corrected chi connectivity index (χ4v) is 3.86. The van der Waals surface area contributed by atoms with Crippen molar-refractivity contribution in [3.05, 3.63) is 42.6 Å². The molecule has 1 spiro atoms. The van der Waals surface area contributed by atoms with E-state index < -0.39 is 0 Å². The molecule has 0 saturated carbocycles. The molecular weight excluding hydrogens is 330 g/mol. The third-order valence-corrected chi connectivity index (χ3v) is 5.24. The van der Waals surface area contributed by atoms with Crippen molar-refractivity contribution in [3.8, 4) is 0 Å². The topological polar surface area (TPSA) is 64.4 Å². The van der Waals surface area contributed by atoms with Crippen LogP contribution in [0.25, 0.3) is 0 Å². The Balaban J connectivity index is 1.35. The molecule has 2 aromatic heterocycles. The van der Waals surface area contributed by atoms with Crippen LogP contribution in [0.3, 0.4) is 0 Å². The van der Waals surface area contributed by atoms with Gasteiger partial charge in [0.25, 0.3) is 0 Å². The number of rotatable bonds is 5. The molecule has 2 atom stereocenters. The lowest BCUT2D eigenvalue weighted by Crippen LogP contribution is -2.44. The molecule has 2 saturated heterocycles. The summed E-state index contributed by atoms with van der Waals surface area (Å²) >= 11 is 0. The van der Waals surface area contributed by atoms with Gasteiger partial charge in [-0.1, -0.05) is 6.07 Å². The molecule has 4 heterocycles. The number of pyridine rings is 1. The van der Waals surface area contributed by atoms with Gasteiger partial charge in [-0.15, -0.1) is 0 Å². The summed E-state index contributed by atoms with van der Waals surface area (Å²) in [6.07, 6.45) is 6.66. The largest absolute Gasteiger partial charge is 0.377 e. The molecule has 26 heavy (non-hydrogen) atoms. The van der Waals surface area contributed by atoms with E-state index in [2.05, 4.69) is 24.8 Å². The first-order valence-electron chi connectivity index (χ1n) is 9.28. The highest BCUT2D eigenvalue weighted by atomic mass is 16.5. The van der Waals surface area contributed by atoms with Crippen molar-refractivity contribution in [2.24, 2.45) is 13.0 Å². The predicted molar refractivity (Wildman–Crippen MR) is 98.8 cm³/mol. The number of hydrogen-bond acceptors (Lipinski definition) is 6. The normalized spacial score (nSPS) is 26.9. The number of aryl methyl sites for hydroxylation is 1. The van der Waals surface area contributed by atoms with Gasteiger partial charge in [-0.25, -0.2) is 9.97 Å². The first kappa shape index (κ1) is 17.5. The molecule has 2 aliphatic rings. The first-order chi connectivity index (χ1) is 12.7. The van der Waals surface area contributed by atoms with Crippen LogP contribution in [0.4, 0.5) is 5.82 Å². The molecule has 140 valence electrons. The summed E-state index contributed by atoms with van der Waals surface area (Å²) in [5.74, 6) is 2.46. The van der Waals surface area contributed by atoms with Crippen LogP contribution in [0.2, 0.25) is 0 Å². The molecule has 0 radical (unpaired) electrons. The third kappa shape index (κ3) is 4.06. The van der Waals surface area contributed by atoms with Crippen LogP contribution >= 0.6 is 0 Å². The van der Waals surface area contributed by atoms with E-state index >= 15 is 0 Å². The molecule has 7 nitrogen and oxygen atoms in total. The lowest BCUT2D eigenvalue weighted by atomic mass is 9.94. The third-order valence-electron chi connectivity index (χ3n) is 5.24. The first-order valence-corrected chi connectivity index (χ1v) is 9.28. The van der Waals surface area contributed by atoms with Crippen molar-refractivity contribution >= 4 is 5.82 Å². The summed E-state index contributed by atoms with van der Waals surface area (Å²) in [4.78, 5) is 11.2. The van der Waals surface area contributed by atoms with Gasteiger partial charge in [-0.3, -0.25) is 4.90 Å². The second kappa shape index (κ2) is 7.73. The van der Waals surface area contributed by atoms with Gasteiger partial charge in [-0.2, -0.15) is 0 Å². The minimum Gasteiger partial charge on any atom is -0.377 e. The fraction of sp³-hybridized carbons (Fsp3) is 0.579. The molecule has 0 unspecified atom stereocenters. The minimum atomic E-state index is -0.210. The molecule has 2 aromatic rings. The maximum absolute atomic E-state index is 6.29. The average Bonchev–Trinajstić information content (AvgIpc) is 3.18. The Morgan fingerprint density at radius 1 is 1.31 bits per heavy atom. The van der Waals surface area contributed by atoms with Gasteiger partial charge in [-0.05, 0) is 18.6 Å². The number of ether oxygens (including phenoxy) is 2. The fourth-order valence-electron chi connectivity index (χ4n) is 3.86. The molecule has 2 aliphatic heterocycles. The predicted octanol–water partition coefficient (Wildman–Crippen LogP) is 1.53. The van der Waals surface area contributed by atoms with Gasteiger partial charge >= 0.3 is 0 Å². The van der Waals surface area contributed by atoms with E-state index in [1.165, 1.54) is 0 Å². The SMILES string of the molecule is Cn1ccnc1CN1CCOC[C@@]2(C[C@H](CNc3ccccn3)CO2)C1. The Morgan fingerprint density at radius 3 is 3.08 bits per heavy atom. The van der Waals surface area contributed by atoms with Crippen molar-refractivity contribution < 1.29 is 9.47 Å². The van der Waals surface area contributed by atoms with Crippen LogP contribution in [0.15, 0.2) is 36.8 Å². The second-order valence-corrected chi connectivity index (χ2v) is 7.38. The van der Waals surface area contributed by atoms with Crippen LogP contribution in [-0.2, 0) is 23.1 Å². The van der Waals surface area contributed by atoms with Gasteiger partial charge in [0, 0.05) is 51.2 Å². The Morgan fingerprint density at radius 2 is 2.27 bits per heavy atom. The maximum atomic E-state index is 6.29. The van der Waals surface area contributed by atoms with Crippen LogP contribution in [0, 0.1) is 5.92 Å². The van der Waals surface area contributed by atoms with Crippen LogP contribution in [0.5, 0.6) is 0 Å². The summed E-state index contributed by atoms with van der Waals surface area (Å²) in [6, 6.07) is 5.92. The molecule has 0 aromatic carbocycles. The highest BCUT2D eigenvalue weighted by Crippen LogP contribution is 2.33. The lowest BCUT2D eigenvalue weighted by Gasteiger charge is -2.31. The zero-order valence-corrected chi connectivity index (χ0v) is 15.3. The van der Waals surface area contributed by atoms with Crippen LogP contribution < -0.4 is 5.32 Å². The van der Waals surface area contributed by atoms with Gasteiger partial charge in [0.1, 0.15) is 17.2 Å². The van der Waals surface area contributed by atoms with E-state index in [4.69, 9.17) is 9.47 Å². The summed E-state index contributed by atoms with van der Waals surface area (Å²) in [7, 11) is 2.04. The minimum absolute atomic E-state index is 0.210. The van der Waals surface area contributed by atoms with E-state index in [1.54, 1.807) is 0 Å². The Bertz CT molecular complexity index is 707. The molecule has 4 rings (SSSR count). The van der Waals surface area contributed by atoms with Crippen LogP contribution in [0.1, 0.15) is 12.2 Å². The quantitative estimate of drug-likeness (QED) is 0.876. The number of nitrogens with zero attached hydrogens (tertiary/aromatic N) is 4. The lowest BCUT2D eigenvalue weighted by molar-refractivity contribution is -0.0564. The summed E-state index contributed by atoms with van der Waals surface area (Å²) in [5.41, 5.74) is -0.210. The van der Waals surface area contributed by atoms with Crippen molar-refractivity contribution in [3.63, 3.8) is 0 Å². The summed E-state index contributed by atoms with van der Waals surface area (Å²) < 4.78 is 14.3. The van der Waals surface area contributed by atoms with Crippen LogP contribution in [-0.4, -0.2) is 64.5 Å². The molecule has 0 amide bonds. The highest BCUT2D eigenvalue weighted by molar-refractivity contribution is 5.33. The standard InChI is InChI=1S/C19H27N5O2/c1-23-7-6-21-18(23)12-24-8-9-25-15-19(14-24)10-16(13-26-19)11-22-17-4-2-3-5-20-17/h2-7,16H,8-15H2,1H3,(H,20,22)/t16-,19-/m1/s1.